The molecule has 4 bridgehead atoms. The fourth-order valence-corrected chi connectivity index (χ4v) is 11.2. The zero-order valence-electron chi connectivity index (χ0n) is 47.5. The van der Waals surface area contributed by atoms with E-state index < -0.39 is 17.1 Å². The summed E-state index contributed by atoms with van der Waals surface area (Å²) in [6.07, 6.45) is 4.42. The van der Waals surface area contributed by atoms with Gasteiger partial charge in [0, 0.05) is 84.1 Å². The van der Waals surface area contributed by atoms with Gasteiger partial charge in [0.2, 0.25) is 17.7 Å². The van der Waals surface area contributed by atoms with Crippen molar-refractivity contribution in [3.63, 3.8) is 0 Å². The van der Waals surface area contributed by atoms with Gasteiger partial charge in [0.1, 0.15) is 0 Å². The maximum Gasteiger partial charge on any atom is 0.251 e. The number of carbonyl (C=O) groups excluding carboxylic acids is 5. The molecule has 13 nitrogen and oxygen atoms in total. The van der Waals surface area contributed by atoms with Crippen molar-refractivity contribution in [2.45, 2.75) is 152 Å². The molecule has 4 N–H and O–H groups in total. The minimum absolute atomic E-state index is 0.0203. The highest BCUT2D eigenvalue weighted by atomic mass is 16.5. The molecule has 5 amide bonds. The van der Waals surface area contributed by atoms with Crippen molar-refractivity contribution >= 4 is 46.4 Å². The number of pyridine rings is 2. The van der Waals surface area contributed by atoms with Crippen molar-refractivity contribution in [1.82, 2.24) is 31.2 Å². The molecule has 7 rings (SSSR count). The number of rotatable bonds is 15. The lowest BCUT2D eigenvalue weighted by Crippen LogP contribution is -2.49. The Kier molecular flexibility index (Phi) is 18.8. The van der Waals surface area contributed by atoms with Gasteiger partial charge in [-0.2, -0.15) is 0 Å². The molecule has 4 unspecified atom stereocenters. The van der Waals surface area contributed by atoms with E-state index in [1.54, 1.807) is 0 Å². The number of hydrogen-bond acceptors (Lipinski definition) is 8. The zero-order valence-corrected chi connectivity index (χ0v) is 47.5. The van der Waals surface area contributed by atoms with Crippen LogP contribution >= 0.6 is 0 Å². The quantitative estimate of drug-likeness (QED) is 0.0911. The van der Waals surface area contributed by atoms with Crippen molar-refractivity contribution in [3.8, 4) is 0 Å². The summed E-state index contributed by atoms with van der Waals surface area (Å²) in [6, 6.07) is 24.0. The predicted octanol–water partition coefficient (Wildman–Crippen LogP) is 10.1. The maximum atomic E-state index is 14.2. The molecule has 2 aromatic heterocycles. The Hall–Kier alpha value is -6.21. The van der Waals surface area contributed by atoms with Crippen molar-refractivity contribution < 1.29 is 28.7 Å². The van der Waals surface area contributed by atoms with Gasteiger partial charge in [-0.05, 0) is 154 Å². The molecule has 4 heterocycles. The Labute approximate surface area is 452 Å². The summed E-state index contributed by atoms with van der Waals surface area (Å²) in [4.78, 5) is 81.6. The first kappa shape index (κ1) is 57.5. The van der Waals surface area contributed by atoms with E-state index in [0.717, 1.165) is 58.9 Å². The number of allylic oxidation sites excluding steroid dienone is 2. The van der Waals surface area contributed by atoms with Gasteiger partial charge in [0.25, 0.3) is 11.8 Å². The average molecular weight is 1040 g/mol. The molecule has 0 fully saturated rings. The van der Waals surface area contributed by atoms with Gasteiger partial charge in [0.15, 0.2) is 0 Å². The largest absolute Gasteiger partial charge is 0.374 e. The molecule has 0 spiro atoms. The molecule has 76 heavy (non-hydrogen) atoms. The molecule has 0 saturated carbocycles. The fraction of sp³-hybridized carbons (Fsp3) is 0.540. The summed E-state index contributed by atoms with van der Waals surface area (Å²) < 4.78 is 6.35. The Balaban J connectivity index is 0.967. The third-order valence-electron chi connectivity index (χ3n) is 15.4. The summed E-state index contributed by atoms with van der Waals surface area (Å²) >= 11 is 0. The Morgan fingerprint density at radius 2 is 1.25 bits per heavy atom. The number of amides is 5. The molecule has 4 atom stereocenters. The average Bonchev–Trinajstić information content (AvgIpc) is 3.67. The van der Waals surface area contributed by atoms with Crippen molar-refractivity contribution in [2.24, 2.45) is 41.4 Å². The lowest BCUT2D eigenvalue weighted by atomic mass is 9.86. The lowest BCUT2D eigenvalue weighted by molar-refractivity contribution is -0.127. The van der Waals surface area contributed by atoms with Gasteiger partial charge in [-0.15, -0.1) is 0 Å². The molecule has 4 aromatic rings. The first-order valence-electron chi connectivity index (χ1n) is 28.0. The number of fused-ring (bicyclic) bond motifs is 8. The number of ether oxygens (including phenoxy) is 1. The smallest absolute Gasteiger partial charge is 0.251 e. The first-order valence-corrected chi connectivity index (χ1v) is 28.0. The summed E-state index contributed by atoms with van der Waals surface area (Å²) in [5, 5.41) is 12.2. The minimum atomic E-state index is -0.813. The number of hydrogen-bond donors (Lipinski definition) is 4. The number of carbonyl (C=O) groups is 5. The van der Waals surface area contributed by atoms with Gasteiger partial charge in [-0.1, -0.05) is 97.9 Å². The van der Waals surface area contributed by atoms with Crippen LogP contribution in [0.2, 0.25) is 0 Å². The Morgan fingerprint density at radius 3 is 1.82 bits per heavy atom. The van der Waals surface area contributed by atoms with Crippen LogP contribution in [0.3, 0.4) is 0 Å². The molecule has 0 saturated heterocycles. The molecule has 0 radical (unpaired) electrons. The van der Waals surface area contributed by atoms with Crippen molar-refractivity contribution in [3.05, 3.63) is 123 Å². The number of nitrogens with one attached hydrogen (secondary N) is 4. The van der Waals surface area contributed by atoms with Gasteiger partial charge < -0.3 is 30.9 Å². The number of para-hydroxylation sites is 1. The lowest BCUT2D eigenvalue weighted by Gasteiger charge is -2.32. The van der Waals surface area contributed by atoms with Crippen molar-refractivity contribution in [1.29, 1.82) is 0 Å². The van der Waals surface area contributed by atoms with E-state index in [1.165, 1.54) is 16.7 Å². The van der Waals surface area contributed by atoms with Gasteiger partial charge in [0.05, 0.1) is 23.8 Å². The van der Waals surface area contributed by atoms with Crippen molar-refractivity contribution in [2.75, 3.05) is 31.1 Å². The molecule has 408 valence electrons. The van der Waals surface area contributed by atoms with Crippen LogP contribution in [0, 0.1) is 41.4 Å². The van der Waals surface area contributed by atoms with Crippen LogP contribution < -0.4 is 26.2 Å². The summed E-state index contributed by atoms with van der Waals surface area (Å²) in [7, 11) is 0. The van der Waals surface area contributed by atoms with Crippen LogP contribution in [0.5, 0.6) is 0 Å². The topological polar surface area (TPSA) is 172 Å². The van der Waals surface area contributed by atoms with Crippen LogP contribution in [0.25, 0.3) is 11.1 Å². The second-order valence-electron chi connectivity index (χ2n) is 24.4. The van der Waals surface area contributed by atoms with Crippen LogP contribution in [0.1, 0.15) is 169 Å². The highest BCUT2D eigenvalue weighted by Crippen LogP contribution is 2.51. The zero-order chi connectivity index (χ0) is 55.1. The molecule has 3 aliphatic rings. The second-order valence-corrected chi connectivity index (χ2v) is 24.4. The Bertz CT molecular complexity index is 2710. The summed E-state index contributed by atoms with van der Waals surface area (Å²) in [6.45, 7) is 25.9. The number of nitrogens with zero attached hydrogens (tertiary/aromatic N) is 3. The van der Waals surface area contributed by atoms with E-state index >= 15 is 0 Å². The highest BCUT2D eigenvalue weighted by Gasteiger charge is 2.36. The summed E-state index contributed by atoms with van der Waals surface area (Å²) in [5.41, 5.74) is 9.90. The van der Waals surface area contributed by atoms with E-state index in [1.807, 2.05) is 81.1 Å². The Morgan fingerprint density at radius 1 is 0.724 bits per heavy atom. The number of anilines is 1. The van der Waals surface area contributed by atoms with E-state index in [4.69, 9.17) is 14.7 Å². The molecule has 2 aromatic carbocycles. The van der Waals surface area contributed by atoms with Crippen LogP contribution in [-0.4, -0.2) is 76.9 Å². The van der Waals surface area contributed by atoms with Gasteiger partial charge >= 0.3 is 0 Å². The minimum Gasteiger partial charge on any atom is -0.374 e. The fourth-order valence-electron chi connectivity index (χ4n) is 11.2. The van der Waals surface area contributed by atoms with E-state index in [2.05, 4.69) is 101 Å². The normalized spacial score (nSPS) is 20.4. The third kappa shape index (κ3) is 15.0. The van der Waals surface area contributed by atoms with E-state index in [-0.39, 0.29) is 80.5 Å². The highest BCUT2D eigenvalue weighted by molar-refractivity contribution is 6.04. The molecular weight excluding hydrogens is 951 g/mol. The summed E-state index contributed by atoms with van der Waals surface area (Å²) in [5.74, 6) is -0.228. The second kappa shape index (κ2) is 24.8. The SMILES string of the molecule is CC(C)Cc1cc2cc(n1)CC(C)C(C)Cc1cc(cc(CC(C)C)n1)C(=O)NCC(C(=O)NCC(C)(C)OCCC(C)(C)NC(=O)CCC(=O)N1Cc3ccccc3C3=C(c4ccccc41)C(C)CC3C)CNC2=O. The van der Waals surface area contributed by atoms with Gasteiger partial charge in [-0.3, -0.25) is 33.9 Å². The first-order chi connectivity index (χ1) is 36.0. The molecular formula is C63H85N7O6. The van der Waals surface area contributed by atoms with Crippen LogP contribution in [0.4, 0.5) is 5.69 Å². The maximum absolute atomic E-state index is 14.2. The van der Waals surface area contributed by atoms with Crippen LogP contribution in [-0.2, 0) is 51.3 Å². The van der Waals surface area contributed by atoms with E-state index in [9.17, 15) is 24.0 Å². The standard InChI is InChI=1S/C63H85N7O6/c1-38(2)25-48-30-45-32-50(67-48)28-40(5)41(6)29-51-33-46(31-49(68-51)26-39(3)4)60(74)65-35-47(34-64-59(45)73)61(75)66-37-63(11,12)76-24-23-62(9,10)69-55(71)21-22-56(72)70-36-44-17-13-14-18-52(44)57-42(7)27-43(8)58(57)53-19-15-16-20-54(53)70/h13-20,30-33,38-43,47H,21-29,34-37H2,1-12H3,(H,64,73)(H,65,74)(H,66,75)(H,69,71). The molecule has 1 aliphatic carbocycles. The number of benzene rings is 2. The third-order valence-corrected chi connectivity index (χ3v) is 15.4. The van der Waals surface area contributed by atoms with Gasteiger partial charge in [-0.25, -0.2) is 0 Å². The monoisotopic (exact) mass is 1040 g/mol. The van der Waals surface area contributed by atoms with E-state index in [0.29, 0.717) is 60.6 Å². The predicted molar refractivity (Wildman–Crippen MR) is 302 cm³/mol. The number of aromatic nitrogens is 2. The molecule has 13 heteroatoms. The molecule has 2 aliphatic heterocycles. The van der Waals surface area contributed by atoms with Crippen LogP contribution in [0.15, 0.2) is 72.8 Å².